The van der Waals surface area contributed by atoms with Gasteiger partial charge in [0.1, 0.15) is 5.82 Å². The molecule has 2 aromatic rings. The molecule has 1 aliphatic heterocycles. The van der Waals surface area contributed by atoms with Crippen molar-refractivity contribution >= 4 is 5.52 Å². The van der Waals surface area contributed by atoms with Gasteiger partial charge in [-0.2, -0.15) is 0 Å². The van der Waals surface area contributed by atoms with Gasteiger partial charge in [-0.1, -0.05) is 6.07 Å². The van der Waals surface area contributed by atoms with E-state index in [4.69, 9.17) is 5.73 Å². The lowest BCUT2D eigenvalue weighted by molar-refractivity contribution is 0.582. The molecular weight excluding hydrogens is 212 g/mol. The summed E-state index contributed by atoms with van der Waals surface area (Å²) in [6, 6.07) is 6.76. The molecule has 0 spiro atoms. The van der Waals surface area contributed by atoms with Crippen LogP contribution >= 0.6 is 0 Å². The molecule has 4 nitrogen and oxygen atoms in total. The predicted octanol–water partition coefficient (Wildman–Crippen LogP) is 1.09. The fourth-order valence-electron chi connectivity index (χ4n) is 2.64. The summed E-state index contributed by atoms with van der Waals surface area (Å²) in [5.74, 6) is 1.13. The first kappa shape index (κ1) is 10.7. The topological polar surface area (TPSA) is 55.3 Å². The fraction of sp³-hybridized carbons (Fsp3) is 0.462. The Morgan fingerprint density at radius 3 is 3.18 bits per heavy atom. The van der Waals surface area contributed by atoms with Crippen LogP contribution in [0.4, 0.5) is 0 Å². The van der Waals surface area contributed by atoms with E-state index in [1.165, 1.54) is 12.8 Å². The van der Waals surface area contributed by atoms with Crippen LogP contribution in [-0.4, -0.2) is 22.0 Å². The lowest BCUT2D eigenvalue weighted by Crippen LogP contribution is -2.25. The van der Waals surface area contributed by atoms with Crippen LogP contribution in [-0.2, 0) is 13.0 Å². The quantitative estimate of drug-likeness (QED) is 0.830. The maximum atomic E-state index is 5.79. The summed E-state index contributed by atoms with van der Waals surface area (Å²) in [4.78, 5) is 4.53. The summed E-state index contributed by atoms with van der Waals surface area (Å²) in [5, 5.41) is 3.51. The van der Waals surface area contributed by atoms with Gasteiger partial charge in [0.2, 0.25) is 0 Å². The van der Waals surface area contributed by atoms with Crippen LogP contribution in [0.1, 0.15) is 24.4 Å². The van der Waals surface area contributed by atoms with Crippen LogP contribution in [0.3, 0.4) is 0 Å². The number of hydrogen-bond donors (Lipinski definition) is 2. The number of imidazole rings is 1. The van der Waals surface area contributed by atoms with Gasteiger partial charge in [0.25, 0.3) is 0 Å². The van der Waals surface area contributed by atoms with Gasteiger partial charge in [-0.15, -0.1) is 0 Å². The van der Waals surface area contributed by atoms with Crippen molar-refractivity contribution in [3.05, 3.63) is 35.9 Å². The van der Waals surface area contributed by atoms with Crippen LogP contribution in [0.5, 0.6) is 0 Å². The molecule has 0 aromatic carbocycles. The molecule has 0 saturated carbocycles. The molecule has 1 unspecified atom stereocenters. The minimum Gasteiger partial charge on any atom is -0.325 e. The number of rotatable bonds is 3. The van der Waals surface area contributed by atoms with Gasteiger partial charge in [0.15, 0.2) is 0 Å². The van der Waals surface area contributed by atoms with Gasteiger partial charge in [-0.05, 0) is 31.5 Å². The second-order valence-corrected chi connectivity index (χ2v) is 4.65. The molecule has 17 heavy (non-hydrogen) atoms. The first-order valence-corrected chi connectivity index (χ1v) is 6.26. The summed E-state index contributed by atoms with van der Waals surface area (Å²) in [6.45, 7) is 1.69. The van der Waals surface area contributed by atoms with Gasteiger partial charge in [0.05, 0.1) is 11.7 Å². The number of hydrogen-bond acceptors (Lipinski definition) is 3. The molecule has 3 N–H and O–H groups in total. The van der Waals surface area contributed by atoms with Crippen LogP contribution in [0.25, 0.3) is 5.52 Å². The van der Waals surface area contributed by atoms with Crippen molar-refractivity contribution < 1.29 is 0 Å². The summed E-state index contributed by atoms with van der Waals surface area (Å²) in [6.07, 6.45) is 5.45. The highest BCUT2D eigenvalue weighted by Crippen LogP contribution is 2.15. The van der Waals surface area contributed by atoms with Crippen molar-refractivity contribution in [3.8, 4) is 0 Å². The molecule has 3 rings (SSSR count). The highest BCUT2D eigenvalue weighted by atomic mass is 15.0. The summed E-state index contributed by atoms with van der Waals surface area (Å²) < 4.78 is 2.19. The minimum absolute atomic E-state index is 0.554. The second-order valence-electron chi connectivity index (χ2n) is 4.65. The lowest BCUT2D eigenvalue weighted by Gasteiger charge is -2.11. The maximum Gasteiger partial charge on any atom is 0.115 e. The van der Waals surface area contributed by atoms with Crippen molar-refractivity contribution in [2.45, 2.75) is 31.8 Å². The number of fused-ring (bicyclic) bond motifs is 1. The molecule has 0 bridgehead atoms. The molecule has 90 valence electrons. The Kier molecular flexibility index (Phi) is 2.82. The zero-order valence-corrected chi connectivity index (χ0v) is 9.89. The molecule has 1 aliphatic rings. The summed E-state index contributed by atoms with van der Waals surface area (Å²) in [7, 11) is 0. The molecule has 1 fully saturated rings. The van der Waals surface area contributed by atoms with E-state index in [2.05, 4.69) is 26.8 Å². The van der Waals surface area contributed by atoms with Crippen LogP contribution in [0.2, 0.25) is 0 Å². The number of aromatic nitrogens is 2. The van der Waals surface area contributed by atoms with Gasteiger partial charge in [-0.3, -0.25) is 4.40 Å². The molecule has 1 saturated heterocycles. The number of nitrogens with two attached hydrogens (primary N) is 1. The molecule has 3 heterocycles. The smallest absolute Gasteiger partial charge is 0.115 e. The van der Waals surface area contributed by atoms with Crippen LogP contribution in [0, 0.1) is 0 Å². The van der Waals surface area contributed by atoms with E-state index in [1.807, 2.05) is 12.3 Å². The van der Waals surface area contributed by atoms with E-state index in [-0.39, 0.29) is 0 Å². The Morgan fingerprint density at radius 2 is 2.41 bits per heavy atom. The molecule has 0 radical (unpaired) electrons. The number of nitrogens with zero attached hydrogens (tertiary/aromatic N) is 2. The third kappa shape index (κ3) is 1.94. The Labute approximate surface area is 101 Å². The minimum atomic E-state index is 0.554. The maximum absolute atomic E-state index is 5.79. The van der Waals surface area contributed by atoms with E-state index >= 15 is 0 Å². The highest BCUT2D eigenvalue weighted by molar-refractivity contribution is 5.47. The molecular formula is C13H18N4. The van der Waals surface area contributed by atoms with Crippen molar-refractivity contribution in [2.75, 3.05) is 6.54 Å². The standard InChI is InChI=1S/C13H18N4/c14-8-11-4-1-5-12-9-16-13(17(11)12)7-10-3-2-6-15-10/h1,4-5,9-10,15H,2-3,6-8,14H2. The number of nitrogens with one attached hydrogen (secondary N) is 1. The first-order chi connectivity index (χ1) is 8.38. The Bertz CT molecular complexity index is 511. The average molecular weight is 230 g/mol. The van der Waals surface area contributed by atoms with Gasteiger partial charge in [0, 0.05) is 24.7 Å². The normalized spacial score (nSPS) is 20.2. The van der Waals surface area contributed by atoms with Crippen LogP contribution < -0.4 is 11.1 Å². The molecule has 0 amide bonds. The molecule has 0 aliphatic carbocycles. The van der Waals surface area contributed by atoms with Crippen molar-refractivity contribution in [1.29, 1.82) is 0 Å². The molecule has 4 heteroatoms. The zero-order valence-electron chi connectivity index (χ0n) is 9.89. The monoisotopic (exact) mass is 230 g/mol. The second kappa shape index (κ2) is 4.47. The SMILES string of the molecule is NCc1cccc2cnc(CC3CCCN3)n12. The summed E-state index contributed by atoms with van der Waals surface area (Å²) >= 11 is 0. The number of pyridine rings is 1. The van der Waals surface area contributed by atoms with E-state index in [9.17, 15) is 0 Å². The largest absolute Gasteiger partial charge is 0.325 e. The summed E-state index contributed by atoms with van der Waals surface area (Å²) in [5.41, 5.74) is 8.06. The Balaban J connectivity index is 1.98. The van der Waals surface area contributed by atoms with Gasteiger partial charge < -0.3 is 11.1 Å². The highest BCUT2D eigenvalue weighted by Gasteiger charge is 2.17. The van der Waals surface area contributed by atoms with E-state index < -0.39 is 0 Å². The van der Waals surface area contributed by atoms with Crippen LogP contribution in [0.15, 0.2) is 24.4 Å². The molecule has 1 atom stereocenters. The van der Waals surface area contributed by atoms with E-state index in [0.717, 1.165) is 30.0 Å². The van der Waals surface area contributed by atoms with E-state index in [1.54, 1.807) is 0 Å². The van der Waals surface area contributed by atoms with Gasteiger partial charge >= 0.3 is 0 Å². The molecule has 2 aromatic heterocycles. The van der Waals surface area contributed by atoms with E-state index in [0.29, 0.717) is 12.6 Å². The zero-order chi connectivity index (χ0) is 11.7. The Hall–Kier alpha value is -1.39. The third-order valence-electron chi connectivity index (χ3n) is 3.51. The predicted molar refractivity (Wildman–Crippen MR) is 67.8 cm³/mol. The van der Waals surface area contributed by atoms with Crippen molar-refractivity contribution in [3.63, 3.8) is 0 Å². The Morgan fingerprint density at radius 1 is 1.47 bits per heavy atom. The third-order valence-corrected chi connectivity index (χ3v) is 3.51. The van der Waals surface area contributed by atoms with Gasteiger partial charge in [-0.25, -0.2) is 4.98 Å². The lowest BCUT2D eigenvalue weighted by atomic mass is 10.1. The average Bonchev–Trinajstić information content (AvgIpc) is 2.99. The van der Waals surface area contributed by atoms with Crippen molar-refractivity contribution in [1.82, 2.24) is 14.7 Å². The first-order valence-electron chi connectivity index (χ1n) is 6.26. The fourth-order valence-corrected chi connectivity index (χ4v) is 2.64. The van der Waals surface area contributed by atoms with Crippen molar-refractivity contribution in [2.24, 2.45) is 5.73 Å².